The molecule has 0 spiro atoms. The van der Waals surface area contributed by atoms with Gasteiger partial charge in [-0.15, -0.1) is 12.0 Å². The summed E-state index contributed by atoms with van der Waals surface area (Å²) >= 11 is 0. The van der Waals surface area contributed by atoms with Crippen molar-refractivity contribution in [2.75, 3.05) is 0 Å². The zero-order valence-electron chi connectivity index (χ0n) is 10.6. The van der Waals surface area contributed by atoms with Gasteiger partial charge in [0.05, 0.1) is 0 Å². The van der Waals surface area contributed by atoms with Crippen LogP contribution in [-0.4, -0.2) is 8.07 Å². The van der Waals surface area contributed by atoms with Crippen molar-refractivity contribution in [1.82, 2.24) is 0 Å². The summed E-state index contributed by atoms with van der Waals surface area (Å²) in [6.07, 6.45) is 8.59. The molecule has 0 amide bonds. The van der Waals surface area contributed by atoms with Gasteiger partial charge in [0.1, 0.15) is 8.07 Å². The molecule has 0 aliphatic heterocycles. The van der Waals surface area contributed by atoms with Gasteiger partial charge in [-0.25, -0.2) is 0 Å². The Kier molecular flexibility index (Phi) is 5.48. The topological polar surface area (TPSA) is 0 Å². The van der Waals surface area contributed by atoms with Crippen LogP contribution in [0.2, 0.25) is 17.1 Å². The molecule has 0 aliphatic rings. The Morgan fingerprint density at radius 2 is 1.67 bits per heavy atom. The number of allylic oxidation sites excluding steroid dienone is 2. The van der Waals surface area contributed by atoms with Crippen LogP contribution in [0.3, 0.4) is 0 Å². The molecule has 15 heavy (non-hydrogen) atoms. The van der Waals surface area contributed by atoms with Crippen LogP contribution >= 0.6 is 0 Å². The quantitative estimate of drug-likeness (QED) is 0.485. The van der Waals surface area contributed by atoms with Crippen LogP contribution in [0.5, 0.6) is 0 Å². The molecule has 0 radical (unpaired) electrons. The van der Waals surface area contributed by atoms with E-state index in [2.05, 4.69) is 52.0 Å². The van der Waals surface area contributed by atoms with Gasteiger partial charge < -0.3 is 0 Å². The summed E-state index contributed by atoms with van der Waals surface area (Å²) in [4.78, 5) is 0. The predicted octanol–water partition coefficient (Wildman–Crippen LogP) is 4.01. The predicted molar refractivity (Wildman–Crippen MR) is 72.2 cm³/mol. The van der Waals surface area contributed by atoms with E-state index in [1.54, 1.807) is 12.2 Å². The normalized spacial score (nSPS) is 12.0. The maximum Gasteiger partial charge on any atom is 0.143 e. The molecule has 0 atom stereocenters. The molecule has 0 aromatic rings. The summed E-state index contributed by atoms with van der Waals surface area (Å²) in [5.74, 6) is 5.59. The summed E-state index contributed by atoms with van der Waals surface area (Å²) in [6, 6.07) is 2.42. The summed E-state index contributed by atoms with van der Waals surface area (Å²) in [5, 5.41) is 0.341. The Balaban J connectivity index is 5.04. The van der Waals surface area contributed by atoms with E-state index < -0.39 is 8.07 Å². The molecule has 82 valence electrons. The SMILES string of the molecule is C#C/C=C\C#C[Si](CC)(CC)C(C)(C)C. The Hall–Kier alpha value is -0.923. The van der Waals surface area contributed by atoms with Crippen molar-refractivity contribution in [2.24, 2.45) is 0 Å². The van der Waals surface area contributed by atoms with Crippen molar-refractivity contribution in [3.05, 3.63) is 12.2 Å². The fourth-order valence-electron chi connectivity index (χ4n) is 1.94. The number of rotatable bonds is 2. The van der Waals surface area contributed by atoms with Crippen LogP contribution in [0.1, 0.15) is 34.6 Å². The highest BCUT2D eigenvalue weighted by Crippen LogP contribution is 2.40. The van der Waals surface area contributed by atoms with Gasteiger partial charge in [0, 0.05) is 0 Å². The van der Waals surface area contributed by atoms with Crippen molar-refractivity contribution < 1.29 is 0 Å². The maximum absolute atomic E-state index is 5.14. The zero-order chi connectivity index (χ0) is 11.9. The van der Waals surface area contributed by atoms with Gasteiger partial charge in [0.25, 0.3) is 0 Å². The molecule has 0 aromatic heterocycles. The first-order valence-corrected chi connectivity index (χ1v) is 7.98. The second-order valence-electron chi connectivity index (χ2n) is 4.81. The smallest absolute Gasteiger partial charge is 0.126 e. The molecule has 0 rings (SSSR count). The van der Waals surface area contributed by atoms with Crippen molar-refractivity contribution in [3.8, 4) is 23.8 Å². The van der Waals surface area contributed by atoms with E-state index in [0.29, 0.717) is 5.04 Å². The fourth-order valence-corrected chi connectivity index (χ4v) is 5.65. The van der Waals surface area contributed by atoms with Crippen LogP contribution < -0.4 is 0 Å². The third kappa shape index (κ3) is 3.61. The second-order valence-corrected chi connectivity index (χ2v) is 10.1. The lowest BCUT2D eigenvalue weighted by molar-refractivity contribution is 0.715. The summed E-state index contributed by atoms with van der Waals surface area (Å²) in [6.45, 7) is 11.5. The average Bonchev–Trinajstić information content (AvgIpc) is 2.17. The molecule has 0 N–H and O–H groups in total. The lowest BCUT2D eigenvalue weighted by Gasteiger charge is -2.37. The first kappa shape index (κ1) is 14.1. The number of terminal acetylenes is 1. The van der Waals surface area contributed by atoms with Gasteiger partial charge in [-0.3, -0.25) is 0 Å². The van der Waals surface area contributed by atoms with Crippen LogP contribution in [0.25, 0.3) is 0 Å². The molecule has 0 fully saturated rings. The van der Waals surface area contributed by atoms with Crippen LogP contribution in [-0.2, 0) is 0 Å². The minimum atomic E-state index is -1.48. The highest BCUT2D eigenvalue weighted by Gasteiger charge is 2.39. The monoisotopic (exact) mass is 218 g/mol. The number of hydrogen-bond donors (Lipinski definition) is 0. The molecule has 0 saturated heterocycles. The highest BCUT2D eigenvalue weighted by atomic mass is 28.3. The third-order valence-corrected chi connectivity index (χ3v) is 9.13. The molecule has 0 aliphatic carbocycles. The Morgan fingerprint density at radius 1 is 1.13 bits per heavy atom. The van der Waals surface area contributed by atoms with Crippen LogP contribution in [0.15, 0.2) is 12.2 Å². The largest absolute Gasteiger partial charge is 0.143 e. The van der Waals surface area contributed by atoms with E-state index in [1.165, 1.54) is 12.1 Å². The van der Waals surface area contributed by atoms with Crippen molar-refractivity contribution in [1.29, 1.82) is 0 Å². The summed E-state index contributed by atoms with van der Waals surface area (Å²) in [7, 11) is -1.48. The van der Waals surface area contributed by atoms with E-state index in [4.69, 9.17) is 6.42 Å². The third-order valence-electron chi connectivity index (χ3n) is 3.22. The number of hydrogen-bond acceptors (Lipinski definition) is 0. The molecule has 0 nitrogen and oxygen atoms in total. The van der Waals surface area contributed by atoms with Crippen LogP contribution in [0, 0.1) is 23.8 Å². The van der Waals surface area contributed by atoms with Gasteiger partial charge in [-0.1, -0.05) is 46.5 Å². The van der Waals surface area contributed by atoms with Gasteiger partial charge in [0.15, 0.2) is 0 Å². The highest BCUT2D eigenvalue weighted by molar-refractivity contribution is 6.89. The lowest BCUT2D eigenvalue weighted by Crippen LogP contribution is -2.41. The maximum atomic E-state index is 5.14. The first-order chi connectivity index (χ1) is 6.93. The Bertz CT molecular complexity index is 308. The molecule has 0 bridgehead atoms. The molecule has 0 unspecified atom stereocenters. The fraction of sp³-hybridized carbons (Fsp3) is 0.571. The molecule has 0 heterocycles. The average molecular weight is 218 g/mol. The van der Waals surface area contributed by atoms with Gasteiger partial charge in [0.2, 0.25) is 0 Å². The van der Waals surface area contributed by atoms with Gasteiger partial charge in [-0.2, -0.15) is 0 Å². The minimum Gasteiger partial charge on any atom is -0.126 e. The van der Waals surface area contributed by atoms with E-state index in [1.807, 2.05) is 0 Å². The van der Waals surface area contributed by atoms with E-state index in [0.717, 1.165) is 0 Å². The van der Waals surface area contributed by atoms with E-state index in [-0.39, 0.29) is 0 Å². The molecule has 0 saturated carbocycles. The molecule has 1 heteroatoms. The second kappa shape index (κ2) is 5.84. The minimum absolute atomic E-state index is 0.341. The van der Waals surface area contributed by atoms with E-state index >= 15 is 0 Å². The van der Waals surface area contributed by atoms with Gasteiger partial charge in [-0.05, 0) is 29.3 Å². The first-order valence-electron chi connectivity index (χ1n) is 5.57. The summed E-state index contributed by atoms with van der Waals surface area (Å²) < 4.78 is 0. The van der Waals surface area contributed by atoms with Crippen molar-refractivity contribution >= 4 is 8.07 Å². The molecular weight excluding hydrogens is 196 g/mol. The van der Waals surface area contributed by atoms with Gasteiger partial charge >= 0.3 is 0 Å². The molecule has 0 aromatic carbocycles. The summed E-state index contributed by atoms with van der Waals surface area (Å²) in [5.41, 5.74) is 3.51. The Morgan fingerprint density at radius 3 is 2.00 bits per heavy atom. The van der Waals surface area contributed by atoms with Crippen LogP contribution in [0.4, 0.5) is 0 Å². The van der Waals surface area contributed by atoms with Crippen molar-refractivity contribution in [3.63, 3.8) is 0 Å². The standard InChI is InChI=1S/C14H22Si/c1-7-10-11-12-13-15(8-2,9-3)14(4,5)6/h1,10-11H,8-9H2,2-6H3/b11-10-. The van der Waals surface area contributed by atoms with Crippen molar-refractivity contribution in [2.45, 2.75) is 51.7 Å². The zero-order valence-corrected chi connectivity index (χ0v) is 11.6. The Labute approximate surface area is 96.2 Å². The lowest BCUT2D eigenvalue weighted by atomic mass is 10.2. The molecular formula is C14H22Si. The van der Waals surface area contributed by atoms with E-state index in [9.17, 15) is 0 Å².